The van der Waals surface area contributed by atoms with Crippen LogP contribution in [0.25, 0.3) is 21.5 Å². The zero-order valence-corrected chi connectivity index (χ0v) is 13.6. The molecule has 23 heavy (non-hydrogen) atoms. The molecule has 4 rings (SSSR count). The highest BCUT2D eigenvalue weighted by Crippen LogP contribution is 2.29. The Morgan fingerprint density at radius 1 is 1.39 bits per heavy atom. The van der Waals surface area contributed by atoms with Crippen LogP contribution in [0.3, 0.4) is 0 Å². The Balaban J connectivity index is 1.73. The lowest BCUT2D eigenvalue weighted by atomic mass is 10.2. The van der Waals surface area contributed by atoms with E-state index in [0.717, 1.165) is 30.0 Å². The van der Waals surface area contributed by atoms with Gasteiger partial charge in [-0.3, -0.25) is 9.78 Å². The van der Waals surface area contributed by atoms with Gasteiger partial charge in [-0.2, -0.15) is 0 Å². The third-order valence-electron chi connectivity index (χ3n) is 4.20. The number of aromatic nitrogens is 2. The van der Waals surface area contributed by atoms with Gasteiger partial charge in [-0.1, -0.05) is 0 Å². The first-order chi connectivity index (χ1) is 11.1. The van der Waals surface area contributed by atoms with Crippen LogP contribution in [0.5, 0.6) is 0 Å². The van der Waals surface area contributed by atoms with Gasteiger partial charge in [0.15, 0.2) is 5.82 Å². The smallest absolute Gasteiger partial charge is 0.242 e. The molecule has 3 aromatic rings. The van der Waals surface area contributed by atoms with E-state index in [9.17, 15) is 9.18 Å². The van der Waals surface area contributed by atoms with Crippen LogP contribution in [0.1, 0.15) is 12.0 Å². The number of pyridine rings is 1. The summed E-state index contributed by atoms with van der Waals surface area (Å²) in [5.41, 5.74) is 3.13. The van der Waals surface area contributed by atoms with Crippen LogP contribution in [0, 0.1) is 12.7 Å². The quantitative estimate of drug-likeness (QED) is 0.738. The number of halogens is 1. The van der Waals surface area contributed by atoms with Crippen molar-refractivity contribution in [3.63, 3.8) is 0 Å². The zero-order valence-electron chi connectivity index (χ0n) is 12.8. The molecule has 0 atom stereocenters. The van der Waals surface area contributed by atoms with E-state index in [0.29, 0.717) is 11.0 Å². The molecule has 1 aliphatic heterocycles. The van der Waals surface area contributed by atoms with E-state index in [1.54, 1.807) is 27.0 Å². The number of hydrogen-bond donors (Lipinski definition) is 0. The van der Waals surface area contributed by atoms with Crippen molar-refractivity contribution in [2.45, 2.75) is 19.9 Å². The van der Waals surface area contributed by atoms with Crippen LogP contribution >= 0.6 is 11.3 Å². The number of carbonyl (C=O) groups excluding carboxylic acids is 1. The average Bonchev–Trinajstić information content (AvgIpc) is 3.02. The SMILES string of the molecule is Cc1csc(-c2cnc3c(F)cn(CC(=O)N4CCC4)c3c2)c1. The number of fused-ring (bicyclic) bond motifs is 1. The second-order valence-corrected chi connectivity index (χ2v) is 6.83. The third kappa shape index (κ3) is 2.53. The molecule has 0 bridgehead atoms. The molecule has 6 heteroatoms. The number of aryl methyl sites for hydroxylation is 1. The average molecular weight is 329 g/mol. The molecule has 0 unspecified atom stereocenters. The highest BCUT2D eigenvalue weighted by molar-refractivity contribution is 7.13. The highest BCUT2D eigenvalue weighted by atomic mass is 32.1. The molecule has 1 aliphatic rings. The van der Waals surface area contributed by atoms with E-state index in [1.807, 2.05) is 13.0 Å². The summed E-state index contributed by atoms with van der Waals surface area (Å²) in [6, 6.07) is 4.00. The third-order valence-corrected chi connectivity index (χ3v) is 5.30. The number of rotatable bonds is 3. The molecule has 0 saturated carbocycles. The van der Waals surface area contributed by atoms with Gasteiger partial charge in [0, 0.05) is 35.9 Å². The highest BCUT2D eigenvalue weighted by Gasteiger charge is 2.21. The lowest BCUT2D eigenvalue weighted by Gasteiger charge is -2.31. The fourth-order valence-corrected chi connectivity index (χ4v) is 3.67. The summed E-state index contributed by atoms with van der Waals surface area (Å²) >= 11 is 1.64. The van der Waals surface area contributed by atoms with Gasteiger partial charge >= 0.3 is 0 Å². The fourth-order valence-electron chi connectivity index (χ4n) is 2.78. The Hall–Kier alpha value is -2.21. The fraction of sp³-hybridized carbons (Fsp3) is 0.294. The number of carbonyl (C=O) groups is 1. The Morgan fingerprint density at radius 2 is 2.22 bits per heavy atom. The molecule has 1 saturated heterocycles. The maximum atomic E-state index is 14.1. The molecule has 4 nitrogen and oxygen atoms in total. The molecular weight excluding hydrogens is 313 g/mol. The van der Waals surface area contributed by atoms with E-state index in [2.05, 4.69) is 16.4 Å². The van der Waals surface area contributed by atoms with Gasteiger partial charge in [-0.25, -0.2) is 4.39 Å². The molecule has 0 spiro atoms. The lowest BCUT2D eigenvalue weighted by Crippen LogP contribution is -2.43. The number of amides is 1. The van der Waals surface area contributed by atoms with Crippen molar-refractivity contribution in [3.05, 3.63) is 41.3 Å². The van der Waals surface area contributed by atoms with Gasteiger partial charge < -0.3 is 9.47 Å². The summed E-state index contributed by atoms with van der Waals surface area (Å²) in [7, 11) is 0. The van der Waals surface area contributed by atoms with E-state index < -0.39 is 0 Å². The van der Waals surface area contributed by atoms with E-state index in [4.69, 9.17) is 0 Å². The predicted octanol–water partition coefficient (Wildman–Crippen LogP) is 3.44. The van der Waals surface area contributed by atoms with Crippen LogP contribution in [-0.2, 0) is 11.3 Å². The Kier molecular flexibility index (Phi) is 3.41. The predicted molar refractivity (Wildman–Crippen MR) is 88.9 cm³/mol. The first-order valence-corrected chi connectivity index (χ1v) is 8.47. The standard InChI is InChI=1S/C17H16FN3OS/c1-11-5-15(23-10-11)12-6-14-17(19-7-12)13(18)8-21(14)9-16(22)20-3-2-4-20/h5-8,10H,2-4,9H2,1H3. The Labute approximate surface area is 137 Å². The molecule has 4 heterocycles. The molecule has 1 fully saturated rings. The summed E-state index contributed by atoms with van der Waals surface area (Å²) in [6.45, 7) is 3.81. The lowest BCUT2D eigenvalue weighted by molar-refractivity contribution is -0.135. The topological polar surface area (TPSA) is 38.1 Å². The first kappa shape index (κ1) is 14.4. The molecule has 0 aromatic carbocycles. The minimum absolute atomic E-state index is 0.0329. The van der Waals surface area contributed by atoms with Crippen molar-refractivity contribution in [1.82, 2.24) is 14.5 Å². The van der Waals surface area contributed by atoms with Crippen LogP contribution < -0.4 is 0 Å². The van der Waals surface area contributed by atoms with Crippen molar-refractivity contribution < 1.29 is 9.18 Å². The van der Waals surface area contributed by atoms with Gasteiger partial charge in [-0.15, -0.1) is 11.3 Å². The Bertz CT molecular complexity index is 895. The monoisotopic (exact) mass is 329 g/mol. The summed E-state index contributed by atoms with van der Waals surface area (Å²) in [4.78, 5) is 19.3. The Morgan fingerprint density at radius 3 is 2.87 bits per heavy atom. The molecular formula is C17H16FN3OS. The molecule has 3 aromatic heterocycles. The van der Waals surface area contributed by atoms with Gasteiger partial charge in [0.25, 0.3) is 0 Å². The van der Waals surface area contributed by atoms with Crippen molar-refractivity contribution >= 4 is 28.3 Å². The molecule has 118 valence electrons. The molecule has 0 aliphatic carbocycles. The minimum Gasteiger partial charge on any atom is -0.341 e. The van der Waals surface area contributed by atoms with Crippen molar-refractivity contribution in [2.75, 3.05) is 13.1 Å². The van der Waals surface area contributed by atoms with E-state index in [-0.39, 0.29) is 18.3 Å². The van der Waals surface area contributed by atoms with Crippen LogP contribution in [0.15, 0.2) is 29.9 Å². The molecule has 1 amide bonds. The number of thiophene rings is 1. The van der Waals surface area contributed by atoms with Crippen molar-refractivity contribution in [3.8, 4) is 10.4 Å². The van der Waals surface area contributed by atoms with Gasteiger partial charge in [0.1, 0.15) is 12.1 Å². The minimum atomic E-state index is -0.384. The summed E-state index contributed by atoms with van der Waals surface area (Å²) < 4.78 is 15.8. The molecule has 0 N–H and O–H groups in total. The second-order valence-electron chi connectivity index (χ2n) is 5.92. The van der Waals surface area contributed by atoms with Crippen molar-refractivity contribution in [1.29, 1.82) is 0 Å². The van der Waals surface area contributed by atoms with E-state index in [1.165, 1.54) is 11.8 Å². The van der Waals surface area contributed by atoms with Gasteiger partial charge in [0.2, 0.25) is 5.91 Å². The zero-order chi connectivity index (χ0) is 16.0. The number of hydrogen-bond acceptors (Lipinski definition) is 3. The van der Waals surface area contributed by atoms with Crippen LogP contribution in [0.4, 0.5) is 4.39 Å². The number of likely N-dealkylation sites (tertiary alicyclic amines) is 1. The van der Waals surface area contributed by atoms with Crippen molar-refractivity contribution in [2.24, 2.45) is 0 Å². The summed E-state index contributed by atoms with van der Waals surface area (Å²) in [5, 5.41) is 2.08. The van der Waals surface area contributed by atoms with Gasteiger partial charge in [-0.05, 0) is 36.4 Å². The summed E-state index contributed by atoms with van der Waals surface area (Å²) in [5.74, 6) is -0.351. The van der Waals surface area contributed by atoms with E-state index >= 15 is 0 Å². The molecule has 0 radical (unpaired) electrons. The first-order valence-electron chi connectivity index (χ1n) is 7.59. The maximum absolute atomic E-state index is 14.1. The van der Waals surface area contributed by atoms with Crippen LogP contribution in [-0.4, -0.2) is 33.4 Å². The van der Waals surface area contributed by atoms with Gasteiger partial charge in [0.05, 0.1) is 5.52 Å². The largest absolute Gasteiger partial charge is 0.341 e. The number of nitrogens with zero attached hydrogens (tertiary/aromatic N) is 3. The second kappa shape index (κ2) is 5.45. The van der Waals surface area contributed by atoms with Crippen LogP contribution in [0.2, 0.25) is 0 Å². The normalized spacial score (nSPS) is 14.3. The summed E-state index contributed by atoms with van der Waals surface area (Å²) in [6.07, 6.45) is 4.12. The maximum Gasteiger partial charge on any atom is 0.242 e.